The molecule has 2 heterocycles. The minimum Gasteiger partial charge on any atom is -0.324 e. The average molecular weight is 351 g/mol. The molecule has 3 aromatic rings. The number of carbonyl (C=O) groups is 2. The van der Waals surface area contributed by atoms with Crippen LogP contribution in [0.25, 0.3) is 11.0 Å². The summed E-state index contributed by atoms with van der Waals surface area (Å²) in [6.45, 7) is 0. The van der Waals surface area contributed by atoms with Crippen LogP contribution in [0.2, 0.25) is 0 Å². The molecular formula is C17H13N5O4. The predicted octanol–water partition coefficient (Wildman–Crippen LogP) is 2.47. The Morgan fingerprint density at radius 2 is 1.96 bits per heavy atom. The van der Waals surface area contributed by atoms with Gasteiger partial charge in [0.15, 0.2) is 0 Å². The zero-order valence-electron chi connectivity index (χ0n) is 13.4. The van der Waals surface area contributed by atoms with Crippen molar-refractivity contribution in [3.63, 3.8) is 0 Å². The number of hydrogen-bond acceptors (Lipinski definition) is 5. The van der Waals surface area contributed by atoms with E-state index in [1.54, 1.807) is 10.6 Å². The predicted molar refractivity (Wildman–Crippen MR) is 93.7 cm³/mol. The van der Waals surface area contributed by atoms with Crippen LogP contribution in [-0.4, -0.2) is 26.3 Å². The second-order valence-electron chi connectivity index (χ2n) is 5.86. The van der Waals surface area contributed by atoms with Crippen molar-refractivity contribution in [3.05, 3.63) is 58.6 Å². The molecule has 2 aromatic carbocycles. The number of nitro groups is 1. The van der Waals surface area contributed by atoms with Gasteiger partial charge in [-0.1, -0.05) is 12.1 Å². The minimum absolute atomic E-state index is 0.0217. The fourth-order valence-electron chi connectivity index (χ4n) is 2.99. The Morgan fingerprint density at radius 1 is 1.23 bits per heavy atom. The highest BCUT2D eigenvalue weighted by Gasteiger charge is 2.32. The number of rotatable bonds is 3. The molecule has 130 valence electrons. The van der Waals surface area contributed by atoms with Crippen molar-refractivity contribution in [2.75, 3.05) is 10.6 Å². The van der Waals surface area contributed by atoms with Crippen LogP contribution in [0.15, 0.2) is 48.5 Å². The molecule has 0 aliphatic carbocycles. The number of fused-ring (bicyclic) bond motifs is 3. The molecule has 0 saturated carbocycles. The first kappa shape index (κ1) is 15.8. The van der Waals surface area contributed by atoms with Gasteiger partial charge in [0, 0.05) is 17.8 Å². The van der Waals surface area contributed by atoms with Crippen molar-refractivity contribution in [2.24, 2.45) is 0 Å². The zero-order valence-corrected chi connectivity index (χ0v) is 13.4. The Balaban J connectivity index is 1.66. The lowest BCUT2D eigenvalue weighted by Crippen LogP contribution is -2.35. The third-order valence-electron chi connectivity index (χ3n) is 4.19. The van der Waals surface area contributed by atoms with Gasteiger partial charge in [0.1, 0.15) is 6.04 Å². The largest absolute Gasteiger partial charge is 0.324 e. The highest BCUT2D eigenvalue weighted by molar-refractivity contribution is 6.03. The van der Waals surface area contributed by atoms with Crippen LogP contribution in [0.4, 0.5) is 17.3 Å². The normalized spacial score (nSPS) is 16.0. The first-order valence-corrected chi connectivity index (χ1v) is 7.85. The standard InChI is InChI=1S/C17H13N5O4/c23-15-9-14(16(24)18-10-5-7-11(8-6-10)22(25)26)21-13-4-2-1-3-12(13)19-17(21)20-15/h1-8,14H,9H2,(H,18,24)(H,19,20,23)/t14-/m0/s1. The number of imidazole rings is 1. The van der Waals surface area contributed by atoms with Crippen molar-refractivity contribution in [1.29, 1.82) is 0 Å². The number of aromatic nitrogens is 2. The summed E-state index contributed by atoms with van der Waals surface area (Å²) in [6, 6.07) is 12.0. The van der Waals surface area contributed by atoms with Crippen molar-refractivity contribution in [3.8, 4) is 0 Å². The summed E-state index contributed by atoms with van der Waals surface area (Å²) in [4.78, 5) is 39.3. The Labute approximate surface area is 146 Å². The summed E-state index contributed by atoms with van der Waals surface area (Å²) in [5.74, 6) is -0.360. The lowest BCUT2D eigenvalue weighted by atomic mass is 10.1. The lowest BCUT2D eigenvalue weighted by molar-refractivity contribution is -0.384. The average Bonchev–Trinajstić information content (AvgIpc) is 2.99. The number of amides is 2. The second-order valence-corrected chi connectivity index (χ2v) is 5.86. The van der Waals surface area contributed by atoms with E-state index in [1.807, 2.05) is 18.2 Å². The van der Waals surface area contributed by atoms with Gasteiger partial charge in [-0.05, 0) is 24.3 Å². The second kappa shape index (κ2) is 5.96. The van der Waals surface area contributed by atoms with Gasteiger partial charge in [0.25, 0.3) is 5.69 Å². The van der Waals surface area contributed by atoms with Crippen molar-refractivity contribution in [1.82, 2.24) is 9.55 Å². The smallest absolute Gasteiger partial charge is 0.269 e. The highest BCUT2D eigenvalue weighted by atomic mass is 16.6. The first-order chi connectivity index (χ1) is 12.5. The van der Waals surface area contributed by atoms with E-state index < -0.39 is 16.9 Å². The third-order valence-corrected chi connectivity index (χ3v) is 4.19. The molecule has 2 amide bonds. The number of non-ortho nitro benzene ring substituents is 1. The van der Waals surface area contributed by atoms with Crippen molar-refractivity contribution < 1.29 is 14.5 Å². The van der Waals surface area contributed by atoms with E-state index in [-0.39, 0.29) is 18.0 Å². The van der Waals surface area contributed by atoms with E-state index in [0.717, 1.165) is 5.52 Å². The van der Waals surface area contributed by atoms with Crippen LogP contribution in [0.3, 0.4) is 0 Å². The Kier molecular flexibility index (Phi) is 3.61. The molecule has 0 saturated heterocycles. The quantitative estimate of drug-likeness (QED) is 0.555. The Hall–Kier alpha value is -3.75. The molecule has 0 radical (unpaired) electrons. The number of hydrogen-bond donors (Lipinski definition) is 2. The van der Waals surface area contributed by atoms with Crippen molar-refractivity contribution in [2.45, 2.75) is 12.5 Å². The summed E-state index contributed by atoms with van der Waals surface area (Å²) in [7, 11) is 0. The van der Waals surface area contributed by atoms with E-state index in [4.69, 9.17) is 0 Å². The Morgan fingerprint density at radius 3 is 2.69 bits per heavy atom. The van der Waals surface area contributed by atoms with E-state index in [0.29, 0.717) is 17.2 Å². The lowest BCUT2D eigenvalue weighted by Gasteiger charge is -2.24. The third kappa shape index (κ3) is 2.65. The van der Waals surface area contributed by atoms with E-state index >= 15 is 0 Å². The number of anilines is 2. The number of nitrogens with one attached hydrogen (secondary N) is 2. The topological polar surface area (TPSA) is 119 Å². The van der Waals surface area contributed by atoms with Gasteiger partial charge in [0.05, 0.1) is 22.4 Å². The number of para-hydroxylation sites is 2. The highest BCUT2D eigenvalue weighted by Crippen LogP contribution is 2.31. The fraction of sp³-hybridized carbons (Fsp3) is 0.118. The van der Waals surface area contributed by atoms with Gasteiger partial charge in [-0.15, -0.1) is 0 Å². The van der Waals surface area contributed by atoms with Crippen LogP contribution in [0.5, 0.6) is 0 Å². The van der Waals surface area contributed by atoms with Crippen LogP contribution >= 0.6 is 0 Å². The maximum absolute atomic E-state index is 12.8. The van der Waals surface area contributed by atoms with E-state index in [9.17, 15) is 19.7 Å². The molecule has 1 aliphatic rings. The van der Waals surface area contributed by atoms with Crippen LogP contribution in [0, 0.1) is 10.1 Å². The van der Waals surface area contributed by atoms with Crippen molar-refractivity contribution >= 4 is 40.2 Å². The van der Waals surface area contributed by atoms with E-state index in [1.165, 1.54) is 24.3 Å². The summed E-state index contributed by atoms with van der Waals surface area (Å²) in [6.07, 6.45) is -0.0217. The summed E-state index contributed by atoms with van der Waals surface area (Å²) in [5, 5.41) is 16.1. The number of nitro benzene ring substituents is 1. The van der Waals surface area contributed by atoms with Gasteiger partial charge in [-0.3, -0.25) is 29.6 Å². The summed E-state index contributed by atoms with van der Waals surface area (Å²) < 4.78 is 1.69. The summed E-state index contributed by atoms with van der Waals surface area (Å²) in [5.41, 5.74) is 1.77. The maximum Gasteiger partial charge on any atom is 0.269 e. The summed E-state index contributed by atoms with van der Waals surface area (Å²) >= 11 is 0. The number of benzene rings is 2. The molecular weight excluding hydrogens is 338 g/mol. The molecule has 0 fully saturated rings. The van der Waals surface area contributed by atoms with Gasteiger partial charge in [-0.25, -0.2) is 4.98 Å². The van der Waals surface area contributed by atoms with Gasteiger partial charge in [0.2, 0.25) is 17.8 Å². The van der Waals surface area contributed by atoms with Crippen LogP contribution < -0.4 is 10.6 Å². The molecule has 1 aliphatic heterocycles. The monoisotopic (exact) mass is 351 g/mol. The number of carbonyl (C=O) groups excluding carboxylic acids is 2. The van der Waals surface area contributed by atoms with Gasteiger partial charge < -0.3 is 5.32 Å². The molecule has 4 rings (SSSR count). The molecule has 0 spiro atoms. The Bertz CT molecular complexity index is 1040. The van der Waals surface area contributed by atoms with Crippen LogP contribution in [0.1, 0.15) is 12.5 Å². The van der Waals surface area contributed by atoms with Crippen LogP contribution in [-0.2, 0) is 9.59 Å². The molecule has 0 bridgehead atoms. The van der Waals surface area contributed by atoms with E-state index in [2.05, 4.69) is 15.6 Å². The SMILES string of the molecule is O=C1C[C@@H](C(=O)Nc2ccc([N+](=O)[O-])cc2)n2c(nc3ccccc32)N1. The fourth-order valence-corrected chi connectivity index (χ4v) is 2.99. The minimum atomic E-state index is -0.763. The first-order valence-electron chi connectivity index (χ1n) is 7.85. The molecule has 26 heavy (non-hydrogen) atoms. The molecule has 0 unspecified atom stereocenters. The van der Waals surface area contributed by atoms with Gasteiger partial charge in [-0.2, -0.15) is 0 Å². The molecule has 1 aromatic heterocycles. The zero-order chi connectivity index (χ0) is 18.3. The molecule has 9 heteroatoms. The maximum atomic E-state index is 12.8. The number of nitrogens with zero attached hydrogens (tertiary/aromatic N) is 3. The molecule has 2 N–H and O–H groups in total. The molecule has 1 atom stereocenters. The van der Waals surface area contributed by atoms with Gasteiger partial charge >= 0.3 is 0 Å². The molecule has 9 nitrogen and oxygen atoms in total.